The molecule has 1 unspecified atom stereocenters. The van der Waals surface area contributed by atoms with Gasteiger partial charge >= 0.3 is 12.1 Å². The summed E-state index contributed by atoms with van der Waals surface area (Å²) in [6.07, 6.45) is 1.78. The molecule has 0 heterocycles. The van der Waals surface area contributed by atoms with Crippen molar-refractivity contribution in [3.63, 3.8) is 0 Å². The lowest BCUT2D eigenvalue weighted by atomic mass is 9.83. The SMILES string of the molecule is COC(=O)COc1cccc2c1CCC(CN(C)C(=O)OC(c1ccccc1)c1ccccc1)C2. The molecule has 0 spiro atoms. The molecule has 0 aromatic heterocycles. The highest BCUT2D eigenvalue weighted by Gasteiger charge is 2.26. The Kier molecular flexibility index (Phi) is 8.03. The Morgan fingerprint density at radius 1 is 0.943 bits per heavy atom. The molecule has 0 saturated carbocycles. The van der Waals surface area contributed by atoms with Gasteiger partial charge in [0.2, 0.25) is 0 Å². The quantitative estimate of drug-likeness (QED) is 0.421. The van der Waals surface area contributed by atoms with Gasteiger partial charge in [0, 0.05) is 13.6 Å². The summed E-state index contributed by atoms with van der Waals surface area (Å²) in [5.41, 5.74) is 4.20. The van der Waals surface area contributed by atoms with Crippen LogP contribution in [0, 0.1) is 5.92 Å². The van der Waals surface area contributed by atoms with Crippen LogP contribution in [0.15, 0.2) is 78.9 Å². The number of fused-ring (bicyclic) bond motifs is 1. The predicted octanol–water partition coefficient (Wildman–Crippen LogP) is 5.20. The molecule has 0 radical (unpaired) electrons. The average molecular weight is 474 g/mol. The molecule has 1 aliphatic carbocycles. The van der Waals surface area contributed by atoms with Crippen molar-refractivity contribution in [2.75, 3.05) is 27.3 Å². The van der Waals surface area contributed by atoms with Gasteiger partial charge in [-0.25, -0.2) is 9.59 Å². The lowest BCUT2D eigenvalue weighted by molar-refractivity contribution is -0.142. The molecule has 0 aliphatic heterocycles. The summed E-state index contributed by atoms with van der Waals surface area (Å²) >= 11 is 0. The molecule has 6 nitrogen and oxygen atoms in total. The zero-order chi connectivity index (χ0) is 24.6. The van der Waals surface area contributed by atoms with E-state index in [1.54, 1.807) is 11.9 Å². The van der Waals surface area contributed by atoms with E-state index in [1.807, 2.05) is 72.8 Å². The lowest BCUT2D eigenvalue weighted by Gasteiger charge is -2.30. The number of methoxy groups -OCH3 is 1. The van der Waals surface area contributed by atoms with E-state index in [4.69, 9.17) is 9.47 Å². The van der Waals surface area contributed by atoms with Gasteiger partial charge < -0.3 is 19.1 Å². The number of esters is 1. The molecule has 3 aromatic carbocycles. The van der Waals surface area contributed by atoms with Crippen LogP contribution in [-0.4, -0.2) is 44.3 Å². The minimum atomic E-state index is -0.464. The summed E-state index contributed by atoms with van der Waals surface area (Å²) in [6, 6.07) is 25.5. The van der Waals surface area contributed by atoms with Crippen molar-refractivity contribution in [1.82, 2.24) is 4.90 Å². The summed E-state index contributed by atoms with van der Waals surface area (Å²) in [4.78, 5) is 26.2. The van der Waals surface area contributed by atoms with Crippen molar-refractivity contribution in [2.45, 2.75) is 25.4 Å². The van der Waals surface area contributed by atoms with Crippen molar-refractivity contribution in [2.24, 2.45) is 5.92 Å². The topological polar surface area (TPSA) is 65.1 Å². The third-order valence-corrected chi connectivity index (χ3v) is 6.38. The van der Waals surface area contributed by atoms with E-state index in [-0.39, 0.29) is 12.7 Å². The Bertz CT molecular complexity index is 1090. The maximum absolute atomic E-state index is 13.1. The van der Waals surface area contributed by atoms with Gasteiger partial charge in [0.25, 0.3) is 0 Å². The molecule has 0 saturated heterocycles. The second-order valence-electron chi connectivity index (χ2n) is 8.83. The summed E-state index contributed by atoms with van der Waals surface area (Å²) in [7, 11) is 3.14. The second kappa shape index (κ2) is 11.6. The standard InChI is InChI=1S/C29H31NO5/c1-30(29(32)35-28(22-10-5-3-6-11-22)23-12-7-4-8-13-23)19-21-16-17-25-24(18-21)14-9-15-26(25)34-20-27(31)33-2/h3-15,21,28H,16-20H2,1-2H3. The maximum Gasteiger partial charge on any atom is 0.410 e. The van der Waals surface area contributed by atoms with Crippen LogP contribution in [-0.2, 0) is 27.1 Å². The lowest BCUT2D eigenvalue weighted by Crippen LogP contribution is -2.35. The van der Waals surface area contributed by atoms with Crippen LogP contribution in [0.3, 0.4) is 0 Å². The number of amides is 1. The monoisotopic (exact) mass is 473 g/mol. The first-order valence-electron chi connectivity index (χ1n) is 11.9. The molecule has 6 heteroatoms. The van der Waals surface area contributed by atoms with Crippen molar-refractivity contribution in [3.05, 3.63) is 101 Å². The third kappa shape index (κ3) is 6.21. The van der Waals surface area contributed by atoms with Gasteiger partial charge in [-0.1, -0.05) is 72.8 Å². The summed E-state index contributed by atoms with van der Waals surface area (Å²) in [5.74, 6) is 0.635. The van der Waals surface area contributed by atoms with E-state index in [1.165, 1.54) is 12.7 Å². The third-order valence-electron chi connectivity index (χ3n) is 6.38. The van der Waals surface area contributed by atoms with Gasteiger partial charge in [-0.15, -0.1) is 0 Å². The number of carbonyl (C=O) groups is 2. The van der Waals surface area contributed by atoms with Crippen LogP contribution in [0.2, 0.25) is 0 Å². The highest BCUT2D eigenvalue weighted by molar-refractivity contribution is 5.71. The Hall–Kier alpha value is -3.80. The van der Waals surface area contributed by atoms with Gasteiger partial charge in [-0.05, 0) is 53.5 Å². The van der Waals surface area contributed by atoms with E-state index in [2.05, 4.69) is 10.8 Å². The number of nitrogens with zero attached hydrogens (tertiary/aromatic N) is 1. The number of hydrogen-bond acceptors (Lipinski definition) is 5. The Labute approximate surface area is 206 Å². The molecular formula is C29H31NO5. The highest BCUT2D eigenvalue weighted by Crippen LogP contribution is 2.33. The molecule has 0 fully saturated rings. The van der Waals surface area contributed by atoms with Crippen molar-refractivity contribution in [1.29, 1.82) is 0 Å². The van der Waals surface area contributed by atoms with E-state index in [0.717, 1.165) is 41.7 Å². The summed E-state index contributed by atoms with van der Waals surface area (Å²) in [5, 5.41) is 0. The molecule has 4 rings (SSSR count). The van der Waals surface area contributed by atoms with Gasteiger partial charge in [-0.3, -0.25) is 0 Å². The van der Waals surface area contributed by atoms with Crippen molar-refractivity contribution < 1.29 is 23.8 Å². The van der Waals surface area contributed by atoms with E-state index < -0.39 is 12.1 Å². The number of benzene rings is 3. The number of rotatable bonds is 8. The van der Waals surface area contributed by atoms with Crippen LogP contribution in [0.25, 0.3) is 0 Å². The smallest absolute Gasteiger partial charge is 0.410 e. The molecular weight excluding hydrogens is 442 g/mol. The molecule has 0 N–H and O–H groups in total. The molecule has 0 bridgehead atoms. The molecule has 1 aliphatic rings. The molecule has 1 amide bonds. The van der Waals surface area contributed by atoms with Crippen LogP contribution in [0.5, 0.6) is 5.75 Å². The van der Waals surface area contributed by atoms with Gasteiger partial charge in [0.15, 0.2) is 12.7 Å². The second-order valence-corrected chi connectivity index (χ2v) is 8.83. The maximum atomic E-state index is 13.1. The van der Waals surface area contributed by atoms with E-state index >= 15 is 0 Å². The predicted molar refractivity (Wildman–Crippen MR) is 133 cm³/mol. The minimum absolute atomic E-state index is 0.102. The first-order valence-corrected chi connectivity index (χ1v) is 11.9. The normalized spacial score (nSPS) is 14.7. The highest BCUT2D eigenvalue weighted by atomic mass is 16.6. The van der Waals surface area contributed by atoms with Crippen molar-refractivity contribution in [3.8, 4) is 5.75 Å². The average Bonchev–Trinajstić information content (AvgIpc) is 2.90. The van der Waals surface area contributed by atoms with Crippen LogP contribution in [0.4, 0.5) is 4.79 Å². The Morgan fingerprint density at radius 2 is 1.60 bits per heavy atom. The largest absolute Gasteiger partial charge is 0.482 e. The molecule has 35 heavy (non-hydrogen) atoms. The van der Waals surface area contributed by atoms with Crippen LogP contribution >= 0.6 is 0 Å². The number of hydrogen-bond donors (Lipinski definition) is 0. The Morgan fingerprint density at radius 3 is 2.23 bits per heavy atom. The fourth-order valence-corrected chi connectivity index (χ4v) is 4.57. The Balaban J connectivity index is 1.40. The summed E-state index contributed by atoms with van der Waals surface area (Å²) < 4.78 is 16.4. The van der Waals surface area contributed by atoms with Gasteiger partial charge in [0.05, 0.1) is 7.11 Å². The zero-order valence-corrected chi connectivity index (χ0v) is 20.2. The fraction of sp³-hybridized carbons (Fsp3) is 0.310. The van der Waals surface area contributed by atoms with Crippen LogP contribution in [0.1, 0.15) is 34.8 Å². The van der Waals surface area contributed by atoms with Gasteiger partial charge in [-0.2, -0.15) is 0 Å². The summed E-state index contributed by atoms with van der Waals surface area (Å²) in [6.45, 7) is 0.497. The van der Waals surface area contributed by atoms with E-state index in [9.17, 15) is 9.59 Å². The minimum Gasteiger partial charge on any atom is -0.482 e. The molecule has 3 aromatic rings. The molecule has 1 atom stereocenters. The van der Waals surface area contributed by atoms with E-state index in [0.29, 0.717) is 12.5 Å². The molecule has 182 valence electrons. The van der Waals surface area contributed by atoms with Crippen LogP contribution < -0.4 is 4.74 Å². The fourth-order valence-electron chi connectivity index (χ4n) is 4.57. The zero-order valence-electron chi connectivity index (χ0n) is 20.2. The number of carbonyl (C=O) groups excluding carboxylic acids is 2. The van der Waals surface area contributed by atoms with Gasteiger partial charge in [0.1, 0.15) is 5.75 Å². The first-order chi connectivity index (χ1) is 17.0. The first kappa shape index (κ1) is 24.3. The number of ether oxygens (including phenoxy) is 3. The van der Waals surface area contributed by atoms with Crippen molar-refractivity contribution >= 4 is 12.1 Å².